The molecule has 0 spiro atoms. The number of rotatable bonds is 7. The van der Waals surface area contributed by atoms with Gasteiger partial charge in [0, 0.05) is 19.5 Å². The summed E-state index contributed by atoms with van der Waals surface area (Å²) >= 11 is 0. The molecule has 0 atom stereocenters. The van der Waals surface area contributed by atoms with E-state index in [-0.39, 0.29) is 31.0 Å². The van der Waals surface area contributed by atoms with Gasteiger partial charge >= 0.3 is 5.97 Å². The highest BCUT2D eigenvalue weighted by atomic mass is 32.2. The topological polar surface area (TPSA) is 92.8 Å². The number of likely N-dealkylation sites (tertiary alicyclic amines) is 1. The van der Waals surface area contributed by atoms with Crippen LogP contribution in [0.4, 0.5) is 0 Å². The molecule has 1 aliphatic heterocycles. The van der Waals surface area contributed by atoms with Gasteiger partial charge in [0.05, 0.1) is 19.4 Å². The summed E-state index contributed by atoms with van der Waals surface area (Å²) in [5.41, 5.74) is 0. The number of nitrogens with one attached hydrogen (secondary N) is 1. The molecule has 8 heteroatoms. The number of methoxy groups -OCH3 is 1. The molecule has 7 nitrogen and oxygen atoms in total. The number of piperidine rings is 1. The highest BCUT2D eigenvalue weighted by Crippen LogP contribution is 2.08. The second kappa shape index (κ2) is 8.21. The van der Waals surface area contributed by atoms with Crippen LogP contribution in [0.15, 0.2) is 0 Å². The number of esters is 1. The van der Waals surface area contributed by atoms with Crippen LogP contribution in [0.1, 0.15) is 32.1 Å². The Morgan fingerprint density at radius 2 is 1.85 bits per heavy atom. The number of ether oxygens (including phenoxy) is 1. The highest BCUT2D eigenvalue weighted by Gasteiger charge is 2.19. The minimum Gasteiger partial charge on any atom is -0.469 e. The fourth-order valence-corrected chi connectivity index (χ4v) is 3.02. The van der Waals surface area contributed by atoms with E-state index < -0.39 is 16.0 Å². The lowest BCUT2D eigenvalue weighted by Gasteiger charge is -2.26. The van der Waals surface area contributed by atoms with E-state index in [1.54, 1.807) is 4.90 Å². The normalized spacial score (nSPS) is 15.9. The molecule has 0 aromatic carbocycles. The maximum Gasteiger partial charge on any atom is 0.305 e. The van der Waals surface area contributed by atoms with Crippen LogP contribution < -0.4 is 4.72 Å². The zero-order chi connectivity index (χ0) is 15.0. The minimum atomic E-state index is -3.52. The molecular formula is C12H22N2O5S. The lowest BCUT2D eigenvalue weighted by atomic mass is 10.1. The maximum atomic E-state index is 11.8. The summed E-state index contributed by atoms with van der Waals surface area (Å²) in [5, 5.41) is 0. The van der Waals surface area contributed by atoms with Crippen LogP contribution in [0.3, 0.4) is 0 Å². The molecule has 0 saturated carbocycles. The number of sulfonamides is 1. The third-order valence-corrected chi connectivity index (χ3v) is 4.58. The van der Waals surface area contributed by atoms with Crippen LogP contribution in [0.5, 0.6) is 0 Å². The summed E-state index contributed by atoms with van der Waals surface area (Å²) in [6.45, 7) is 1.19. The van der Waals surface area contributed by atoms with Crippen molar-refractivity contribution in [3.05, 3.63) is 0 Å². The van der Waals surface area contributed by atoms with Gasteiger partial charge in [0.25, 0.3) is 0 Å². The van der Waals surface area contributed by atoms with Crippen LogP contribution in [0, 0.1) is 0 Å². The van der Waals surface area contributed by atoms with Gasteiger partial charge < -0.3 is 9.64 Å². The first-order valence-corrected chi connectivity index (χ1v) is 8.42. The van der Waals surface area contributed by atoms with Gasteiger partial charge in [-0.05, 0) is 25.7 Å². The molecule has 0 aromatic heterocycles. The van der Waals surface area contributed by atoms with E-state index in [4.69, 9.17) is 0 Å². The van der Waals surface area contributed by atoms with Crippen molar-refractivity contribution in [2.24, 2.45) is 0 Å². The third-order valence-electron chi connectivity index (χ3n) is 3.17. The fraction of sp³-hybridized carbons (Fsp3) is 0.833. The van der Waals surface area contributed by atoms with E-state index in [1.807, 2.05) is 0 Å². The third kappa shape index (κ3) is 6.33. The van der Waals surface area contributed by atoms with Crippen LogP contribution in [-0.2, 0) is 24.3 Å². The van der Waals surface area contributed by atoms with Crippen molar-refractivity contribution in [2.75, 3.05) is 32.5 Å². The standard InChI is InChI=1S/C12H22N2O5S/c1-19-12(16)6-5-9-20(17,18)13-10-11(15)14-7-3-2-4-8-14/h13H,2-10H2,1H3. The van der Waals surface area contributed by atoms with Gasteiger partial charge in [0.15, 0.2) is 0 Å². The predicted octanol–water partition coefficient (Wildman–Crippen LogP) is -0.128. The first-order valence-electron chi connectivity index (χ1n) is 6.76. The van der Waals surface area contributed by atoms with Crippen LogP contribution in [0.2, 0.25) is 0 Å². The summed E-state index contributed by atoms with van der Waals surface area (Å²) in [4.78, 5) is 24.4. The zero-order valence-electron chi connectivity index (χ0n) is 11.8. The number of amides is 1. The number of carbonyl (C=O) groups is 2. The Bertz CT molecular complexity index is 429. The summed E-state index contributed by atoms with van der Waals surface area (Å²) in [5.74, 6) is -0.819. The molecule has 20 heavy (non-hydrogen) atoms. The lowest BCUT2D eigenvalue weighted by Crippen LogP contribution is -2.43. The zero-order valence-corrected chi connectivity index (χ0v) is 12.6. The molecule has 0 unspecified atom stereocenters. The smallest absolute Gasteiger partial charge is 0.305 e. The van der Waals surface area contributed by atoms with E-state index >= 15 is 0 Å². The van der Waals surface area contributed by atoms with Gasteiger partial charge in [-0.1, -0.05) is 0 Å². The Morgan fingerprint density at radius 1 is 1.20 bits per heavy atom. The molecule has 1 saturated heterocycles. The molecule has 1 amide bonds. The first kappa shape index (κ1) is 16.9. The molecule has 1 heterocycles. The quantitative estimate of drug-likeness (QED) is 0.662. The average molecular weight is 306 g/mol. The highest BCUT2D eigenvalue weighted by molar-refractivity contribution is 7.89. The molecule has 1 N–H and O–H groups in total. The molecule has 0 bridgehead atoms. The van der Waals surface area contributed by atoms with Gasteiger partial charge in [0.1, 0.15) is 0 Å². The van der Waals surface area contributed by atoms with Crippen molar-refractivity contribution in [1.82, 2.24) is 9.62 Å². The number of carbonyl (C=O) groups excluding carboxylic acids is 2. The maximum absolute atomic E-state index is 11.8. The van der Waals surface area contributed by atoms with E-state index in [9.17, 15) is 18.0 Å². The van der Waals surface area contributed by atoms with Gasteiger partial charge in [-0.15, -0.1) is 0 Å². The Morgan fingerprint density at radius 3 is 2.45 bits per heavy atom. The molecule has 0 radical (unpaired) electrons. The summed E-state index contributed by atoms with van der Waals surface area (Å²) in [6, 6.07) is 0. The Hall–Kier alpha value is -1.15. The second-order valence-electron chi connectivity index (χ2n) is 4.76. The Labute approximate surface area is 119 Å². The monoisotopic (exact) mass is 306 g/mol. The van der Waals surface area contributed by atoms with Gasteiger partial charge in [0.2, 0.25) is 15.9 Å². The van der Waals surface area contributed by atoms with Crippen molar-refractivity contribution in [3.63, 3.8) is 0 Å². The number of hydrogen-bond donors (Lipinski definition) is 1. The van der Waals surface area contributed by atoms with Crippen LogP contribution >= 0.6 is 0 Å². The summed E-state index contributed by atoms with van der Waals surface area (Å²) in [7, 11) is -2.27. The lowest BCUT2D eigenvalue weighted by molar-refractivity contribution is -0.140. The first-order chi connectivity index (χ1) is 9.44. The van der Waals surface area contributed by atoms with Gasteiger partial charge in [-0.3, -0.25) is 9.59 Å². The van der Waals surface area contributed by atoms with E-state index in [1.165, 1.54) is 7.11 Å². The van der Waals surface area contributed by atoms with Gasteiger partial charge in [-0.25, -0.2) is 13.1 Å². The molecule has 1 fully saturated rings. The number of hydrogen-bond acceptors (Lipinski definition) is 5. The SMILES string of the molecule is COC(=O)CCCS(=O)(=O)NCC(=O)N1CCCCC1. The molecule has 0 aromatic rings. The average Bonchev–Trinajstić information content (AvgIpc) is 2.45. The Kier molecular flexibility index (Phi) is 6.94. The Balaban J connectivity index is 2.27. The summed E-state index contributed by atoms with van der Waals surface area (Å²) in [6.07, 6.45) is 3.29. The minimum absolute atomic E-state index is 0.0531. The fourth-order valence-electron chi connectivity index (χ4n) is 2.01. The van der Waals surface area contributed by atoms with Crippen molar-refractivity contribution >= 4 is 21.9 Å². The van der Waals surface area contributed by atoms with Crippen molar-refractivity contribution in [3.8, 4) is 0 Å². The molecule has 0 aliphatic carbocycles. The van der Waals surface area contributed by atoms with Crippen molar-refractivity contribution in [2.45, 2.75) is 32.1 Å². The van der Waals surface area contributed by atoms with E-state index in [2.05, 4.69) is 9.46 Å². The molecule has 1 rings (SSSR count). The number of nitrogens with zero attached hydrogens (tertiary/aromatic N) is 1. The van der Waals surface area contributed by atoms with Crippen LogP contribution in [0.25, 0.3) is 0 Å². The van der Waals surface area contributed by atoms with E-state index in [0.717, 1.165) is 19.3 Å². The molecule has 1 aliphatic rings. The summed E-state index contributed by atoms with van der Waals surface area (Å²) < 4.78 is 30.0. The molecule has 116 valence electrons. The molecular weight excluding hydrogens is 284 g/mol. The largest absolute Gasteiger partial charge is 0.469 e. The van der Waals surface area contributed by atoms with Crippen LogP contribution in [-0.4, -0.2) is 57.7 Å². The van der Waals surface area contributed by atoms with E-state index in [0.29, 0.717) is 13.1 Å². The van der Waals surface area contributed by atoms with Crippen molar-refractivity contribution < 1.29 is 22.7 Å². The predicted molar refractivity (Wildman–Crippen MR) is 73.5 cm³/mol. The van der Waals surface area contributed by atoms with Crippen molar-refractivity contribution in [1.29, 1.82) is 0 Å². The van der Waals surface area contributed by atoms with Gasteiger partial charge in [-0.2, -0.15) is 0 Å². The second-order valence-corrected chi connectivity index (χ2v) is 6.69.